The molecule has 0 aliphatic carbocycles. The van der Waals surface area contributed by atoms with Crippen LogP contribution in [-0.4, -0.2) is 18.0 Å². The number of ether oxygens (including phenoxy) is 2. The van der Waals surface area contributed by atoms with Gasteiger partial charge in [-0.2, -0.15) is 5.26 Å². The highest BCUT2D eigenvalue weighted by Gasteiger charge is 2.16. The van der Waals surface area contributed by atoms with Gasteiger partial charge in [0.25, 0.3) is 0 Å². The molecule has 0 radical (unpaired) electrons. The summed E-state index contributed by atoms with van der Waals surface area (Å²) in [7, 11) is 0. The third kappa shape index (κ3) is 2.83. The molecule has 3 aromatic rings. The zero-order chi connectivity index (χ0) is 17.2. The Labute approximate surface area is 149 Å². The van der Waals surface area contributed by atoms with Gasteiger partial charge in [0.15, 0.2) is 11.5 Å². The number of nitrogens with zero attached hydrogens (tertiary/aromatic N) is 2. The normalized spacial score (nSPS) is 12.2. The van der Waals surface area contributed by atoms with Crippen molar-refractivity contribution in [1.29, 1.82) is 5.26 Å². The van der Waals surface area contributed by atoms with Crippen molar-refractivity contribution in [3.05, 3.63) is 53.6 Å². The fraction of sp³-hybridized carbons (Fsp3) is 0.158. The Morgan fingerprint density at radius 3 is 2.88 bits per heavy atom. The van der Waals surface area contributed by atoms with E-state index in [1.54, 1.807) is 0 Å². The molecule has 5 nitrogen and oxygen atoms in total. The Kier molecular flexibility index (Phi) is 4.08. The van der Waals surface area contributed by atoms with Crippen molar-refractivity contribution in [3.63, 3.8) is 0 Å². The lowest BCUT2D eigenvalue weighted by molar-refractivity contribution is 0.174. The molecule has 0 bridgehead atoms. The molecule has 0 saturated carbocycles. The summed E-state index contributed by atoms with van der Waals surface area (Å²) in [6.45, 7) is 0.837. The molecule has 0 saturated heterocycles. The Hall–Kier alpha value is -2.91. The van der Waals surface area contributed by atoms with E-state index in [0.29, 0.717) is 12.1 Å². The first-order chi connectivity index (χ1) is 12.3. The van der Waals surface area contributed by atoms with Crippen LogP contribution in [0.5, 0.6) is 11.5 Å². The van der Waals surface area contributed by atoms with Gasteiger partial charge < -0.3 is 14.8 Å². The molecule has 1 aliphatic rings. The van der Waals surface area contributed by atoms with Gasteiger partial charge in [-0.15, -0.1) is 11.8 Å². The zero-order valence-corrected chi connectivity index (χ0v) is 14.4. The zero-order valence-electron chi connectivity index (χ0n) is 13.6. The number of nitrogens with one attached hydrogen (secondary N) is 1. The largest absolute Gasteiger partial charge is 0.454 e. The van der Waals surface area contributed by atoms with Gasteiger partial charge in [0.05, 0.1) is 11.2 Å². The number of pyridine rings is 1. The van der Waals surface area contributed by atoms with E-state index < -0.39 is 0 Å². The molecule has 0 fully saturated rings. The Balaban J connectivity index is 1.72. The van der Waals surface area contributed by atoms with Crippen LogP contribution >= 0.6 is 11.8 Å². The summed E-state index contributed by atoms with van der Waals surface area (Å²) in [5, 5.41) is 14.7. The molecule has 0 unspecified atom stereocenters. The van der Waals surface area contributed by atoms with E-state index in [4.69, 9.17) is 9.47 Å². The van der Waals surface area contributed by atoms with Crippen molar-refractivity contribution in [3.8, 4) is 17.6 Å². The summed E-state index contributed by atoms with van der Waals surface area (Å²) < 4.78 is 10.8. The van der Waals surface area contributed by atoms with Gasteiger partial charge in [0, 0.05) is 11.9 Å². The average molecular weight is 349 g/mol. The van der Waals surface area contributed by atoms with Crippen molar-refractivity contribution in [1.82, 2.24) is 4.98 Å². The summed E-state index contributed by atoms with van der Waals surface area (Å²) in [6.07, 6.45) is 1.93. The number of fused-ring (bicyclic) bond motifs is 2. The van der Waals surface area contributed by atoms with Crippen LogP contribution in [0.4, 0.5) is 5.69 Å². The minimum atomic E-state index is 0.261. The number of thioether (sulfide) groups is 1. The highest BCUT2D eigenvalue weighted by Crippen LogP contribution is 2.34. The maximum atomic E-state index is 9.63. The van der Waals surface area contributed by atoms with Gasteiger partial charge in [-0.05, 0) is 30.0 Å². The van der Waals surface area contributed by atoms with Gasteiger partial charge in [-0.25, -0.2) is 4.98 Å². The molecule has 2 aromatic carbocycles. The maximum absolute atomic E-state index is 9.63. The quantitative estimate of drug-likeness (QED) is 0.713. The summed E-state index contributed by atoms with van der Waals surface area (Å²) in [4.78, 5) is 4.59. The van der Waals surface area contributed by atoms with Gasteiger partial charge in [0.1, 0.15) is 16.7 Å². The predicted octanol–water partition coefficient (Wildman–Crippen LogP) is 4.17. The lowest BCUT2D eigenvalue weighted by Gasteiger charge is -2.14. The van der Waals surface area contributed by atoms with E-state index >= 15 is 0 Å². The van der Waals surface area contributed by atoms with Gasteiger partial charge in [-0.3, -0.25) is 0 Å². The highest BCUT2D eigenvalue weighted by atomic mass is 32.2. The van der Waals surface area contributed by atoms with Gasteiger partial charge in [0.2, 0.25) is 6.79 Å². The molecule has 1 aromatic heterocycles. The minimum absolute atomic E-state index is 0.261. The molecular weight excluding hydrogens is 334 g/mol. The van der Waals surface area contributed by atoms with E-state index in [0.717, 1.165) is 38.7 Å². The lowest BCUT2D eigenvalue weighted by atomic mass is 10.1. The maximum Gasteiger partial charge on any atom is 0.231 e. The van der Waals surface area contributed by atoms with E-state index in [2.05, 4.69) is 16.4 Å². The number of aromatic nitrogens is 1. The molecule has 0 amide bonds. The number of para-hydroxylation sites is 1. The highest BCUT2D eigenvalue weighted by molar-refractivity contribution is 7.98. The number of benzene rings is 2. The van der Waals surface area contributed by atoms with Crippen LogP contribution in [0.1, 0.15) is 11.1 Å². The fourth-order valence-corrected chi connectivity index (χ4v) is 3.41. The van der Waals surface area contributed by atoms with Crippen molar-refractivity contribution >= 4 is 28.4 Å². The van der Waals surface area contributed by atoms with Crippen LogP contribution < -0.4 is 14.8 Å². The molecule has 25 heavy (non-hydrogen) atoms. The third-order valence-electron chi connectivity index (χ3n) is 4.07. The molecule has 4 rings (SSSR count). The summed E-state index contributed by atoms with van der Waals surface area (Å²) in [5.74, 6) is 1.52. The van der Waals surface area contributed by atoms with E-state index in [1.807, 2.05) is 48.7 Å². The molecular formula is C19H15N3O2S. The van der Waals surface area contributed by atoms with Crippen molar-refractivity contribution in [2.24, 2.45) is 0 Å². The van der Waals surface area contributed by atoms with Crippen molar-refractivity contribution < 1.29 is 9.47 Å². The van der Waals surface area contributed by atoms with E-state index in [1.165, 1.54) is 11.8 Å². The first-order valence-electron chi connectivity index (χ1n) is 7.79. The minimum Gasteiger partial charge on any atom is -0.454 e. The first-order valence-corrected chi connectivity index (χ1v) is 9.02. The molecule has 2 heterocycles. The monoisotopic (exact) mass is 349 g/mol. The second-order valence-electron chi connectivity index (χ2n) is 5.54. The molecule has 124 valence electrons. The molecule has 0 spiro atoms. The Morgan fingerprint density at radius 2 is 2.04 bits per heavy atom. The first kappa shape index (κ1) is 15.6. The smallest absolute Gasteiger partial charge is 0.231 e. The second kappa shape index (κ2) is 6.54. The summed E-state index contributed by atoms with van der Waals surface area (Å²) in [6, 6.07) is 16.0. The number of hydrogen-bond donors (Lipinski definition) is 1. The van der Waals surface area contributed by atoms with E-state index in [9.17, 15) is 5.26 Å². The summed E-state index contributed by atoms with van der Waals surface area (Å²) >= 11 is 1.48. The lowest BCUT2D eigenvalue weighted by Crippen LogP contribution is -2.04. The molecule has 6 heteroatoms. The molecule has 1 N–H and O–H groups in total. The van der Waals surface area contributed by atoms with Gasteiger partial charge >= 0.3 is 0 Å². The third-order valence-corrected chi connectivity index (χ3v) is 4.75. The number of hydrogen-bond acceptors (Lipinski definition) is 6. The number of rotatable bonds is 4. The average Bonchev–Trinajstić information content (AvgIpc) is 3.13. The van der Waals surface area contributed by atoms with Crippen molar-refractivity contribution in [2.75, 3.05) is 18.4 Å². The van der Waals surface area contributed by atoms with Crippen LogP contribution in [0.2, 0.25) is 0 Å². The predicted molar refractivity (Wildman–Crippen MR) is 98.1 cm³/mol. The molecule has 0 atom stereocenters. The van der Waals surface area contributed by atoms with Crippen LogP contribution in [0.3, 0.4) is 0 Å². The van der Waals surface area contributed by atoms with Crippen LogP contribution in [0, 0.1) is 11.3 Å². The standard InChI is InChI=1S/C19H15N3O2S/c1-25-19-14(9-20)18(13-4-2-3-5-15(13)22-19)21-10-12-6-7-16-17(8-12)24-11-23-16/h2-8H,10-11H2,1H3,(H,21,22). The van der Waals surface area contributed by atoms with Gasteiger partial charge in [-0.1, -0.05) is 24.3 Å². The Bertz CT molecular complexity index is 998. The topological polar surface area (TPSA) is 67.2 Å². The number of nitriles is 1. The van der Waals surface area contributed by atoms with E-state index in [-0.39, 0.29) is 6.79 Å². The Morgan fingerprint density at radius 1 is 1.20 bits per heavy atom. The second-order valence-corrected chi connectivity index (χ2v) is 6.34. The van der Waals surface area contributed by atoms with Crippen LogP contribution in [-0.2, 0) is 6.54 Å². The SMILES string of the molecule is CSc1nc2ccccc2c(NCc2ccc3c(c2)OCO3)c1C#N. The summed E-state index contributed by atoms with van der Waals surface area (Å²) in [5.41, 5.74) is 3.32. The van der Waals surface area contributed by atoms with Crippen molar-refractivity contribution in [2.45, 2.75) is 11.6 Å². The van der Waals surface area contributed by atoms with Crippen LogP contribution in [0.25, 0.3) is 10.9 Å². The molecule has 1 aliphatic heterocycles. The number of anilines is 1. The fourth-order valence-electron chi connectivity index (χ4n) is 2.87. The van der Waals surface area contributed by atoms with Crippen LogP contribution in [0.15, 0.2) is 47.5 Å².